The van der Waals surface area contributed by atoms with E-state index in [1.807, 2.05) is 0 Å². The molecule has 138 valence electrons. The molecule has 1 aliphatic heterocycles. The van der Waals surface area contributed by atoms with Crippen LogP contribution < -0.4 is 15.4 Å². The number of rotatable bonds is 5. The van der Waals surface area contributed by atoms with Crippen molar-refractivity contribution in [2.45, 2.75) is 30.7 Å². The number of nitrogens with one attached hydrogen (secondary N) is 3. The van der Waals surface area contributed by atoms with E-state index >= 15 is 0 Å². The van der Waals surface area contributed by atoms with Gasteiger partial charge in [0.15, 0.2) is 0 Å². The summed E-state index contributed by atoms with van der Waals surface area (Å²) in [6.45, 7) is 2.52. The summed E-state index contributed by atoms with van der Waals surface area (Å²) in [5.41, 5.74) is 1.45. The lowest BCUT2D eigenvalue weighted by Gasteiger charge is -2.14. The fourth-order valence-electron chi connectivity index (χ4n) is 2.83. The van der Waals surface area contributed by atoms with Crippen molar-refractivity contribution >= 4 is 38.9 Å². The lowest BCUT2D eigenvalue weighted by atomic mass is 10.2. The van der Waals surface area contributed by atoms with E-state index in [1.165, 1.54) is 6.07 Å². The van der Waals surface area contributed by atoms with Crippen molar-refractivity contribution in [3.05, 3.63) is 53.1 Å². The highest BCUT2D eigenvalue weighted by molar-refractivity contribution is 7.92. The first-order valence-corrected chi connectivity index (χ1v) is 10.1. The molecule has 0 radical (unpaired) electrons. The minimum Gasteiger partial charge on any atom is -0.325 e. The van der Waals surface area contributed by atoms with Crippen LogP contribution in [0.5, 0.6) is 0 Å². The summed E-state index contributed by atoms with van der Waals surface area (Å²) in [6.07, 6.45) is 1.73. The maximum absolute atomic E-state index is 12.7. The van der Waals surface area contributed by atoms with E-state index in [1.54, 1.807) is 43.3 Å². The van der Waals surface area contributed by atoms with E-state index < -0.39 is 10.0 Å². The molecule has 0 saturated carbocycles. The average molecular weight is 394 g/mol. The van der Waals surface area contributed by atoms with E-state index in [2.05, 4.69) is 15.4 Å². The first-order chi connectivity index (χ1) is 12.3. The van der Waals surface area contributed by atoms with E-state index in [9.17, 15) is 13.2 Å². The van der Waals surface area contributed by atoms with Crippen LogP contribution in [0.15, 0.2) is 47.4 Å². The average Bonchev–Trinajstić information content (AvgIpc) is 3.13. The van der Waals surface area contributed by atoms with Crippen molar-refractivity contribution < 1.29 is 13.2 Å². The zero-order valence-electron chi connectivity index (χ0n) is 14.3. The molecule has 1 fully saturated rings. The van der Waals surface area contributed by atoms with Gasteiger partial charge >= 0.3 is 0 Å². The highest BCUT2D eigenvalue weighted by atomic mass is 35.5. The number of anilines is 2. The summed E-state index contributed by atoms with van der Waals surface area (Å²) in [6, 6.07) is 11.0. The second-order valence-corrected chi connectivity index (χ2v) is 8.32. The van der Waals surface area contributed by atoms with Gasteiger partial charge < -0.3 is 10.6 Å². The molecule has 1 aliphatic rings. The molecule has 6 nitrogen and oxygen atoms in total. The van der Waals surface area contributed by atoms with Gasteiger partial charge in [-0.2, -0.15) is 0 Å². The molecule has 26 heavy (non-hydrogen) atoms. The van der Waals surface area contributed by atoms with Crippen molar-refractivity contribution in [1.82, 2.24) is 5.32 Å². The normalized spacial score (nSPS) is 17.1. The van der Waals surface area contributed by atoms with Crippen LogP contribution in [0.2, 0.25) is 5.02 Å². The van der Waals surface area contributed by atoms with Crippen molar-refractivity contribution in [2.24, 2.45) is 0 Å². The smallest absolute Gasteiger partial charge is 0.262 e. The molecule has 3 N–H and O–H groups in total. The van der Waals surface area contributed by atoms with Crippen molar-refractivity contribution in [2.75, 3.05) is 16.6 Å². The van der Waals surface area contributed by atoms with Gasteiger partial charge in [0.1, 0.15) is 0 Å². The van der Waals surface area contributed by atoms with Crippen molar-refractivity contribution in [3.63, 3.8) is 0 Å². The highest BCUT2D eigenvalue weighted by Crippen LogP contribution is 2.24. The molecular weight excluding hydrogens is 374 g/mol. The van der Waals surface area contributed by atoms with Gasteiger partial charge in [-0.25, -0.2) is 8.42 Å². The molecule has 1 saturated heterocycles. The quantitative estimate of drug-likeness (QED) is 0.728. The lowest BCUT2D eigenvalue weighted by molar-refractivity contribution is -0.117. The summed E-state index contributed by atoms with van der Waals surface area (Å²) in [5.74, 6) is -0.152. The molecule has 1 atom stereocenters. The van der Waals surface area contributed by atoms with E-state index in [0.717, 1.165) is 19.4 Å². The number of hydrogen-bond acceptors (Lipinski definition) is 4. The molecule has 0 spiro atoms. The maximum atomic E-state index is 12.7. The monoisotopic (exact) mass is 393 g/mol. The van der Waals surface area contributed by atoms with Crippen LogP contribution in [-0.4, -0.2) is 26.9 Å². The Kier molecular flexibility index (Phi) is 5.50. The number of aryl methyl sites for hydroxylation is 1. The van der Waals surface area contributed by atoms with Gasteiger partial charge in [-0.15, -0.1) is 0 Å². The third kappa shape index (κ3) is 4.35. The number of hydrogen-bond donors (Lipinski definition) is 3. The molecule has 0 bridgehead atoms. The van der Waals surface area contributed by atoms with E-state index in [0.29, 0.717) is 22.0 Å². The third-order valence-electron chi connectivity index (χ3n) is 4.22. The van der Waals surface area contributed by atoms with Gasteiger partial charge in [-0.3, -0.25) is 9.52 Å². The van der Waals surface area contributed by atoms with Crippen LogP contribution >= 0.6 is 11.6 Å². The summed E-state index contributed by atoms with van der Waals surface area (Å²) >= 11 is 5.83. The first kappa shape index (κ1) is 18.7. The maximum Gasteiger partial charge on any atom is 0.262 e. The van der Waals surface area contributed by atoms with Gasteiger partial charge in [-0.05, 0) is 68.3 Å². The Bertz CT molecular complexity index is 908. The van der Waals surface area contributed by atoms with Crippen molar-refractivity contribution in [1.29, 1.82) is 0 Å². The predicted molar refractivity (Wildman–Crippen MR) is 103 cm³/mol. The van der Waals surface area contributed by atoms with Crippen LogP contribution in [-0.2, 0) is 14.8 Å². The highest BCUT2D eigenvalue weighted by Gasteiger charge is 2.23. The summed E-state index contributed by atoms with van der Waals surface area (Å²) < 4.78 is 28.0. The summed E-state index contributed by atoms with van der Waals surface area (Å²) in [7, 11) is -3.79. The fraction of sp³-hybridized carbons (Fsp3) is 0.278. The Morgan fingerprint density at radius 2 is 1.85 bits per heavy atom. The molecule has 0 aliphatic carbocycles. The Balaban J connectivity index is 1.81. The molecule has 3 rings (SSSR count). The molecule has 8 heteroatoms. The van der Waals surface area contributed by atoms with E-state index in [4.69, 9.17) is 11.6 Å². The van der Waals surface area contributed by atoms with Gasteiger partial charge in [0.2, 0.25) is 5.91 Å². The zero-order chi connectivity index (χ0) is 18.7. The number of sulfonamides is 1. The van der Waals surface area contributed by atoms with Crippen LogP contribution in [0, 0.1) is 6.92 Å². The minimum atomic E-state index is -3.79. The van der Waals surface area contributed by atoms with E-state index in [-0.39, 0.29) is 16.8 Å². The summed E-state index contributed by atoms with van der Waals surface area (Å²) in [4.78, 5) is 12.3. The van der Waals surface area contributed by atoms with Gasteiger partial charge in [-0.1, -0.05) is 17.7 Å². The molecule has 2 aromatic rings. The fourth-order valence-corrected chi connectivity index (χ4v) is 4.29. The molecular formula is C18H20ClN3O3S. The Labute approximate surface area is 158 Å². The topological polar surface area (TPSA) is 87.3 Å². The summed E-state index contributed by atoms with van der Waals surface area (Å²) in [5, 5.41) is 6.42. The van der Waals surface area contributed by atoms with Crippen LogP contribution in [0.1, 0.15) is 18.4 Å². The zero-order valence-corrected chi connectivity index (χ0v) is 15.8. The van der Waals surface area contributed by atoms with Gasteiger partial charge in [0, 0.05) is 16.4 Å². The van der Waals surface area contributed by atoms with Crippen LogP contribution in [0.4, 0.5) is 11.4 Å². The number of benzene rings is 2. The second-order valence-electron chi connectivity index (χ2n) is 6.23. The number of carbonyl (C=O) groups excluding carboxylic acids is 1. The standard InChI is InChI=1S/C18H20ClN3O3S/c1-12-4-7-15(21-18(23)16-3-2-10-20-16)11-17(12)26(24,25)22-14-8-5-13(19)6-9-14/h4-9,11,16,20,22H,2-3,10H2,1H3,(H,21,23). The molecule has 0 aromatic heterocycles. The number of halogens is 1. The molecule has 2 aromatic carbocycles. The molecule has 1 amide bonds. The Morgan fingerprint density at radius 1 is 1.15 bits per heavy atom. The SMILES string of the molecule is Cc1ccc(NC(=O)C2CCCN2)cc1S(=O)(=O)Nc1ccc(Cl)cc1. The largest absolute Gasteiger partial charge is 0.325 e. The predicted octanol–water partition coefficient (Wildman–Crippen LogP) is 3.14. The third-order valence-corrected chi connectivity index (χ3v) is 5.99. The number of amides is 1. The second kappa shape index (κ2) is 7.65. The molecule has 1 unspecified atom stereocenters. The lowest BCUT2D eigenvalue weighted by Crippen LogP contribution is -2.35. The Morgan fingerprint density at radius 3 is 2.50 bits per heavy atom. The van der Waals surface area contributed by atoms with Crippen LogP contribution in [0.25, 0.3) is 0 Å². The number of carbonyl (C=O) groups is 1. The first-order valence-electron chi connectivity index (χ1n) is 8.28. The van der Waals surface area contributed by atoms with Gasteiger partial charge in [0.05, 0.1) is 10.9 Å². The minimum absolute atomic E-state index is 0.115. The Hall–Kier alpha value is -2.09. The van der Waals surface area contributed by atoms with Gasteiger partial charge in [0.25, 0.3) is 10.0 Å². The molecule has 1 heterocycles. The van der Waals surface area contributed by atoms with Crippen molar-refractivity contribution in [3.8, 4) is 0 Å². The van der Waals surface area contributed by atoms with Crippen LogP contribution in [0.3, 0.4) is 0 Å².